The minimum Gasteiger partial charge on any atom is -0.336 e. The van der Waals surface area contributed by atoms with Gasteiger partial charge in [-0.25, -0.2) is 0 Å². The van der Waals surface area contributed by atoms with E-state index in [1.165, 1.54) is 0 Å². The predicted octanol–water partition coefficient (Wildman–Crippen LogP) is 2.34. The molecule has 1 aromatic rings. The minimum atomic E-state index is -0.120. The molecular weight excluding hydrogens is 184 g/mol. The summed E-state index contributed by atoms with van der Waals surface area (Å²) in [6, 6.07) is 1.59. The molecular formula is C9H14N2OS. The van der Waals surface area contributed by atoms with Crippen molar-refractivity contribution >= 4 is 12.2 Å². The first-order valence-electron chi connectivity index (χ1n) is 4.50. The van der Waals surface area contributed by atoms with E-state index in [0.717, 1.165) is 18.5 Å². The monoisotopic (exact) mass is 198 g/mol. The SMILES string of the molecule is CCC(CC)c1cc(=O)[nH]c(=S)[nH]1. The zero-order chi connectivity index (χ0) is 9.84. The second-order valence-corrected chi connectivity index (χ2v) is 3.46. The molecule has 1 heterocycles. The van der Waals surface area contributed by atoms with E-state index in [4.69, 9.17) is 12.2 Å². The molecule has 13 heavy (non-hydrogen) atoms. The first kappa shape index (κ1) is 10.2. The van der Waals surface area contributed by atoms with Gasteiger partial charge in [0.25, 0.3) is 5.56 Å². The van der Waals surface area contributed by atoms with Crippen molar-refractivity contribution in [1.29, 1.82) is 0 Å². The first-order valence-corrected chi connectivity index (χ1v) is 4.91. The lowest BCUT2D eigenvalue weighted by Crippen LogP contribution is -2.11. The largest absolute Gasteiger partial charge is 0.336 e. The highest BCUT2D eigenvalue weighted by atomic mass is 32.1. The van der Waals surface area contributed by atoms with Gasteiger partial charge in [0.05, 0.1) is 0 Å². The van der Waals surface area contributed by atoms with Gasteiger partial charge in [0.2, 0.25) is 0 Å². The molecule has 72 valence electrons. The molecule has 0 aliphatic heterocycles. The summed E-state index contributed by atoms with van der Waals surface area (Å²) in [5.41, 5.74) is 0.824. The van der Waals surface area contributed by atoms with Crippen LogP contribution in [-0.4, -0.2) is 9.97 Å². The maximum absolute atomic E-state index is 11.1. The van der Waals surface area contributed by atoms with Crippen LogP contribution in [0.5, 0.6) is 0 Å². The average Bonchev–Trinajstić information content (AvgIpc) is 2.04. The number of aromatic nitrogens is 2. The lowest BCUT2D eigenvalue weighted by atomic mass is 9.99. The highest BCUT2D eigenvalue weighted by Crippen LogP contribution is 2.18. The molecule has 0 saturated heterocycles. The van der Waals surface area contributed by atoms with Gasteiger partial charge in [-0.2, -0.15) is 0 Å². The molecule has 0 bridgehead atoms. The Bertz CT molecular complexity index is 347. The molecule has 0 atom stereocenters. The maximum atomic E-state index is 11.1. The summed E-state index contributed by atoms with van der Waals surface area (Å²) in [6.45, 7) is 4.21. The molecule has 1 rings (SSSR count). The molecule has 0 spiro atoms. The summed E-state index contributed by atoms with van der Waals surface area (Å²) >= 11 is 4.89. The van der Waals surface area contributed by atoms with E-state index in [9.17, 15) is 4.79 Å². The summed E-state index contributed by atoms with van der Waals surface area (Å²) < 4.78 is 0.411. The number of H-pyrrole nitrogens is 2. The van der Waals surface area contributed by atoms with E-state index in [0.29, 0.717) is 10.7 Å². The van der Waals surface area contributed by atoms with Crippen LogP contribution in [0.15, 0.2) is 10.9 Å². The molecule has 0 radical (unpaired) electrons. The number of aromatic amines is 2. The highest BCUT2D eigenvalue weighted by molar-refractivity contribution is 7.71. The fourth-order valence-corrected chi connectivity index (χ4v) is 1.65. The Hall–Kier alpha value is -0.900. The van der Waals surface area contributed by atoms with Gasteiger partial charge >= 0.3 is 0 Å². The van der Waals surface area contributed by atoms with Crippen LogP contribution in [0.1, 0.15) is 38.3 Å². The van der Waals surface area contributed by atoms with Crippen molar-refractivity contribution in [3.8, 4) is 0 Å². The Balaban J connectivity index is 3.13. The van der Waals surface area contributed by atoms with Gasteiger partial charge in [-0.15, -0.1) is 0 Å². The third-order valence-corrected chi connectivity index (χ3v) is 2.41. The van der Waals surface area contributed by atoms with E-state index in [-0.39, 0.29) is 5.56 Å². The lowest BCUT2D eigenvalue weighted by Gasteiger charge is -2.11. The van der Waals surface area contributed by atoms with E-state index >= 15 is 0 Å². The van der Waals surface area contributed by atoms with Crippen LogP contribution in [0.2, 0.25) is 0 Å². The molecule has 0 saturated carbocycles. The van der Waals surface area contributed by atoms with Crippen LogP contribution in [-0.2, 0) is 0 Å². The lowest BCUT2D eigenvalue weighted by molar-refractivity contribution is 0.618. The molecule has 4 heteroatoms. The first-order chi connectivity index (χ1) is 6.17. The van der Waals surface area contributed by atoms with Crippen molar-refractivity contribution in [1.82, 2.24) is 9.97 Å². The maximum Gasteiger partial charge on any atom is 0.251 e. The van der Waals surface area contributed by atoms with Crippen molar-refractivity contribution in [2.75, 3.05) is 0 Å². The zero-order valence-electron chi connectivity index (χ0n) is 7.89. The zero-order valence-corrected chi connectivity index (χ0v) is 8.70. The summed E-state index contributed by atoms with van der Waals surface area (Å²) in [7, 11) is 0. The predicted molar refractivity (Wildman–Crippen MR) is 55.6 cm³/mol. The third kappa shape index (κ3) is 2.52. The van der Waals surface area contributed by atoms with E-state index in [2.05, 4.69) is 23.8 Å². The molecule has 0 aliphatic rings. The topological polar surface area (TPSA) is 48.6 Å². The van der Waals surface area contributed by atoms with Crippen LogP contribution in [0.25, 0.3) is 0 Å². The van der Waals surface area contributed by atoms with Crippen LogP contribution in [0.3, 0.4) is 0 Å². The number of hydrogen-bond donors (Lipinski definition) is 2. The fourth-order valence-electron chi connectivity index (χ4n) is 1.44. The molecule has 0 aromatic carbocycles. The van der Waals surface area contributed by atoms with Gasteiger partial charge in [0.15, 0.2) is 4.77 Å². The normalized spacial score (nSPS) is 10.7. The van der Waals surface area contributed by atoms with Gasteiger partial charge in [0.1, 0.15) is 0 Å². The van der Waals surface area contributed by atoms with Gasteiger partial charge in [-0.3, -0.25) is 9.78 Å². The van der Waals surface area contributed by atoms with Crippen molar-refractivity contribution in [3.05, 3.63) is 26.9 Å². The Morgan fingerprint density at radius 2 is 2.00 bits per heavy atom. The summed E-state index contributed by atoms with van der Waals surface area (Å²) in [4.78, 5) is 16.6. The van der Waals surface area contributed by atoms with E-state index < -0.39 is 0 Å². The molecule has 3 nitrogen and oxygen atoms in total. The minimum absolute atomic E-state index is 0.120. The Morgan fingerprint density at radius 1 is 1.38 bits per heavy atom. The van der Waals surface area contributed by atoms with E-state index in [1.54, 1.807) is 6.07 Å². The molecule has 1 aromatic heterocycles. The van der Waals surface area contributed by atoms with Crippen molar-refractivity contribution in [2.45, 2.75) is 32.6 Å². The van der Waals surface area contributed by atoms with Gasteiger partial charge in [-0.05, 0) is 31.0 Å². The summed E-state index contributed by atoms with van der Waals surface area (Å²) in [5.74, 6) is 0.406. The molecule has 0 fully saturated rings. The smallest absolute Gasteiger partial charge is 0.251 e. The molecule has 0 amide bonds. The Morgan fingerprint density at radius 3 is 2.46 bits per heavy atom. The second-order valence-electron chi connectivity index (χ2n) is 3.06. The standard InChI is InChI=1S/C9H14N2OS/c1-3-6(4-2)7-5-8(12)11-9(13)10-7/h5-6H,3-4H2,1-2H3,(H2,10,11,12,13). The molecule has 0 aliphatic carbocycles. The number of nitrogens with one attached hydrogen (secondary N) is 2. The van der Waals surface area contributed by atoms with Crippen LogP contribution >= 0.6 is 12.2 Å². The van der Waals surface area contributed by atoms with Crippen LogP contribution < -0.4 is 5.56 Å². The second kappa shape index (κ2) is 4.37. The number of rotatable bonds is 3. The fraction of sp³-hybridized carbons (Fsp3) is 0.556. The van der Waals surface area contributed by atoms with Gasteiger partial charge < -0.3 is 4.98 Å². The van der Waals surface area contributed by atoms with Crippen molar-refractivity contribution in [2.24, 2.45) is 0 Å². The quantitative estimate of drug-likeness (QED) is 0.732. The van der Waals surface area contributed by atoms with Gasteiger partial charge in [0, 0.05) is 11.8 Å². The third-order valence-electron chi connectivity index (χ3n) is 2.21. The summed E-state index contributed by atoms with van der Waals surface area (Å²) in [5, 5.41) is 0. The molecule has 0 unspecified atom stereocenters. The Kier molecular flexibility index (Phi) is 3.42. The summed E-state index contributed by atoms with van der Waals surface area (Å²) in [6.07, 6.45) is 2.04. The van der Waals surface area contributed by atoms with Gasteiger partial charge in [-0.1, -0.05) is 13.8 Å². The average molecular weight is 198 g/mol. The van der Waals surface area contributed by atoms with Crippen LogP contribution in [0, 0.1) is 4.77 Å². The van der Waals surface area contributed by atoms with Crippen molar-refractivity contribution in [3.63, 3.8) is 0 Å². The molecule has 2 N–H and O–H groups in total. The highest BCUT2D eigenvalue weighted by Gasteiger charge is 2.07. The van der Waals surface area contributed by atoms with E-state index in [1.807, 2.05) is 0 Å². The number of hydrogen-bond acceptors (Lipinski definition) is 2. The van der Waals surface area contributed by atoms with Crippen LogP contribution in [0.4, 0.5) is 0 Å². The van der Waals surface area contributed by atoms with Crippen molar-refractivity contribution < 1.29 is 0 Å². The Labute approximate surface area is 82.2 Å².